The van der Waals surface area contributed by atoms with Gasteiger partial charge in [-0.25, -0.2) is 4.79 Å². The largest absolute Gasteiger partial charge is 0.480 e. The lowest BCUT2D eigenvalue weighted by Gasteiger charge is -2.18. The number of rotatable bonds is 14. The molecule has 0 spiro atoms. The highest BCUT2D eigenvalue weighted by Gasteiger charge is 2.23. The van der Waals surface area contributed by atoms with Gasteiger partial charge in [-0.2, -0.15) is 0 Å². The second-order valence-electron chi connectivity index (χ2n) is 6.72. The highest BCUT2D eigenvalue weighted by atomic mass is 16.4. The molecule has 6 amide bonds. The maximum Gasteiger partial charge on any atom is 0.326 e. The molecular weight excluding hydrogens is 430 g/mol. The third kappa shape index (κ3) is 13.5. The van der Waals surface area contributed by atoms with Crippen LogP contribution in [0.2, 0.25) is 0 Å². The first-order valence-corrected chi connectivity index (χ1v) is 9.52. The van der Waals surface area contributed by atoms with Gasteiger partial charge in [0.1, 0.15) is 6.04 Å². The van der Waals surface area contributed by atoms with E-state index in [1.54, 1.807) is 13.8 Å². The molecule has 0 aromatic rings. The molecule has 0 aliphatic carbocycles. The molecule has 0 unspecified atom stereocenters. The van der Waals surface area contributed by atoms with E-state index in [4.69, 9.17) is 10.8 Å². The first-order valence-electron chi connectivity index (χ1n) is 9.52. The SMILES string of the molecule is CC(C)[C@H](NC(=O)CNC(=O)CNC(=O)CNC(=O)CNC(=O)CNC(=O)CN)C(=O)O. The summed E-state index contributed by atoms with van der Waals surface area (Å²) in [6.45, 7) is 0.725. The summed E-state index contributed by atoms with van der Waals surface area (Å²) in [7, 11) is 0. The number of carbonyl (C=O) groups is 7. The normalized spacial score (nSPS) is 11.0. The molecule has 0 aromatic carbocycles. The quantitative estimate of drug-likeness (QED) is 0.124. The smallest absolute Gasteiger partial charge is 0.326 e. The fourth-order valence-corrected chi connectivity index (χ4v) is 1.95. The maximum absolute atomic E-state index is 11.7. The van der Waals surface area contributed by atoms with E-state index in [1.165, 1.54) is 0 Å². The number of carboxylic acid groups (broad SMARTS) is 1. The summed E-state index contributed by atoms with van der Waals surface area (Å²) < 4.78 is 0. The van der Waals surface area contributed by atoms with Crippen LogP contribution in [0.1, 0.15) is 13.8 Å². The van der Waals surface area contributed by atoms with Crippen molar-refractivity contribution < 1.29 is 38.7 Å². The Morgan fingerprint density at radius 1 is 0.625 bits per heavy atom. The van der Waals surface area contributed by atoms with E-state index in [0.29, 0.717) is 0 Å². The molecule has 0 heterocycles. The van der Waals surface area contributed by atoms with Crippen LogP contribution in [0.5, 0.6) is 0 Å². The van der Waals surface area contributed by atoms with Crippen molar-refractivity contribution in [3.05, 3.63) is 0 Å². The second kappa shape index (κ2) is 15.1. The van der Waals surface area contributed by atoms with Crippen LogP contribution < -0.4 is 37.6 Å². The Kier molecular flexibility index (Phi) is 13.3. The minimum absolute atomic E-state index is 0.280. The van der Waals surface area contributed by atoms with Gasteiger partial charge in [0.25, 0.3) is 0 Å². The van der Waals surface area contributed by atoms with Gasteiger partial charge in [0.15, 0.2) is 0 Å². The molecule has 15 nitrogen and oxygen atoms in total. The third-order valence-electron chi connectivity index (χ3n) is 3.67. The van der Waals surface area contributed by atoms with Crippen molar-refractivity contribution in [1.82, 2.24) is 31.9 Å². The fraction of sp³-hybridized carbons (Fsp3) is 0.588. The summed E-state index contributed by atoms with van der Waals surface area (Å²) in [5.41, 5.74) is 5.05. The van der Waals surface area contributed by atoms with Crippen molar-refractivity contribution in [1.29, 1.82) is 0 Å². The summed E-state index contributed by atoms with van der Waals surface area (Å²) in [4.78, 5) is 79.9. The van der Waals surface area contributed by atoms with Gasteiger partial charge < -0.3 is 42.7 Å². The number of hydrogen-bond acceptors (Lipinski definition) is 8. The first kappa shape index (κ1) is 28.2. The van der Waals surface area contributed by atoms with Gasteiger partial charge in [-0.05, 0) is 5.92 Å². The fourth-order valence-electron chi connectivity index (χ4n) is 1.95. The van der Waals surface area contributed by atoms with Gasteiger partial charge in [-0.3, -0.25) is 28.8 Å². The van der Waals surface area contributed by atoms with Crippen LogP contribution in [0.4, 0.5) is 0 Å². The van der Waals surface area contributed by atoms with Crippen LogP contribution in [-0.2, 0) is 33.6 Å². The molecule has 0 saturated carbocycles. The summed E-state index contributed by atoms with van der Waals surface area (Å²) in [5.74, 6) is -5.52. The molecule has 32 heavy (non-hydrogen) atoms. The van der Waals surface area contributed by atoms with Crippen molar-refractivity contribution in [2.45, 2.75) is 19.9 Å². The summed E-state index contributed by atoms with van der Waals surface area (Å²) in [5, 5.41) is 22.3. The number of nitrogens with one attached hydrogen (secondary N) is 6. The Morgan fingerprint density at radius 2 is 0.938 bits per heavy atom. The maximum atomic E-state index is 11.7. The monoisotopic (exact) mass is 459 g/mol. The van der Waals surface area contributed by atoms with E-state index in [-0.39, 0.29) is 19.0 Å². The van der Waals surface area contributed by atoms with Gasteiger partial charge in [-0.15, -0.1) is 0 Å². The van der Waals surface area contributed by atoms with Crippen molar-refractivity contribution >= 4 is 41.4 Å². The van der Waals surface area contributed by atoms with E-state index in [1.807, 2.05) is 0 Å². The molecule has 9 N–H and O–H groups in total. The van der Waals surface area contributed by atoms with Gasteiger partial charge in [0.05, 0.1) is 39.3 Å². The Labute approximate surface area is 183 Å². The predicted octanol–water partition coefficient (Wildman–Crippen LogP) is -5.25. The van der Waals surface area contributed by atoms with Gasteiger partial charge in [0.2, 0.25) is 35.4 Å². The number of nitrogens with two attached hydrogens (primary N) is 1. The zero-order valence-corrected chi connectivity index (χ0v) is 17.8. The van der Waals surface area contributed by atoms with Gasteiger partial charge in [-0.1, -0.05) is 13.8 Å². The van der Waals surface area contributed by atoms with Crippen LogP contribution >= 0.6 is 0 Å². The van der Waals surface area contributed by atoms with E-state index in [0.717, 1.165) is 0 Å². The van der Waals surface area contributed by atoms with Crippen LogP contribution in [0.25, 0.3) is 0 Å². The van der Waals surface area contributed by atoms with E-state index in [9.17, 15) is 33.6 Å². The molecular formula is C17H29N7O8. The number of amides is 6. The first-order chi connectivity index (χ1) is 15.0. The minimum atomic E-state index is -1.20. The van der Waals surface area contributed by atoms with E-state index < -0.39 is 73.6 Å². The lowest BCUT2D eigenvalue weighted by Crippen LogP contribution is -2.49. The van der Waals surface area contributed by atoms with Gasteiger partial charge in [0, 0.05) is 0 Å². The molecule has 0 saturated heterocycles. The van der Waals surface area contributed by atoms with Crippen LogP contribution in [0.3, 0.4) is 0 Å². The summed E-state index contributed by atoms with van der Waals surface area (Å²) in [6, 6.07) is -1.10. The Bertz CT molecular complexity index is 726. The third-order valence-corrected chi connectivity index (χ3v) is 3.67. The Hall–Kier alpha value is -3.75. The molecule has 0 aromatic heterocycles. The number of carboxylic acids is 1. The average molecular weight is 459 g/mol. The molecule has 15 heteroatoms. The number of aliphatic carboxylic acids is 1. The second-order valence-corrected chi connectivity index (χ2v) is 6.72. The van der Waals surface area contributed by atoms with Crippen LogP contribution in [0.15, 0.2) is 0 Å². The van der Waals surface area contributed by atoms with E-state index >= 15 is 0 Å². The molecule has 0 bridgehead atoms. The predicted molar refractivity (Wildman–Crippen MR) is 109 cm³/mol. The van der Waals surface area contributed by atoms with E-state index in [2.05, 4.69) is 31.9 Å². The average Bonchev–Trinajstić information content (AvgIpc) is 2.74. The molecule has 0 aliphatic heterocycles. The van der Waals surface area contributed by atoms with Gasteiger partial charge >= 0.3 is 5.97 Å². The topological polar surface area (TPSA) is 238 Å². The minimum Gasteiger partial charge on any atom is -0.480 e. The molecule has 0 rings (SSSR count). The van der Waals surface area contributed by atoms with Crippen molar-refractivity contribution in [3.8, 4) is 0 Å². The zero-order valence-electron chi connectivity index (χ0n) is 17.8. The summed E-state index contributed by atoms with van der Waals surface area (Å²) >= 11 is 0. The molecule has 0 radical (unpaired) electrons. The lowest BCUT2D eigenvalue weighted by molar-refractivity contribution is -0.143. The Morgan fingerprint density at radius 3 is 1.22 bits per heavy atom. The molecule has 1 atom stereocenters. The zero-order chi connectivity index (χ0) is 24.7. The van der Waals surface area contributed by atoms with Crippen molar-refractivity contribution in [3.63, 3.8) is 0 Å². The summed E-state index contributed by atoms with van der Waals surface area (Å²) in [6.07, 6.45) is 0. The van der Waals surface area contributed by atoms with Crippen molar-refractivity contribution in [2.75, 3.05) is 39.3 Å². The van der Waals surface area contributed by atoms with Crippen LogP contribution in [0, 0.1) is 5.92 Å². The highest BCUT2D eigenvalue weighted by molar-refractivity contribution is 5.92. The number of hydrogen-bond donors (Lipinski definition) is 8. The Balaban J connectivity index is 4.03. The standard InChI is InChI=1S/C17H29N7O8/c1-9(2)16(17(31)32)24-15(30)8-23-14(29)7-22-13(28)6-21-12(27)5-20-11(26)4-19-10(25)3-18/h9,16H,3-8,18H2,1-2H3,(H,19,25)(H,20,26)(H,21,27)(H,22,28)(H,23,29)(H,24,30)(H,31,32)/t16-/m0/s1. The highest BCUT2D eigenvalue weighted by Crippen LogP contribution is 2.00. The molecule has 0 fully saturated rings. The molecule has 0 aliphatic rings. The lowest BCUT2D eigenvalue weighted by atomic mass is 10.1. The number of carbonyl (C=O) groups excluding carboxylic acids is 6. The molecule has 180 valence electrons. The van der Waals surface area contributed by atoms with Crippen LogP contribution in [-0.4, -0.2) is 91.8 Å². The van der Waals surface area contributed by atoms with Crippen molar-refractivity contribution in [2.24, 2.45) is 11.7 Å².